The maximum atomic E-state index is 13.5. The molecule has 0 aliphatic carbocycles. The van der Waals surface area contributed by atoms with Crippen molar-refractivity contribution in [1.29, 1.82) is 0 Å². The highest BCUT2D eigenvalue weighted by atomic mass is 32.2. The lowest BCUT2D eigenvalue weighted by molar-refractivity contribution is 0.0977. The minimum Gasteiger partial charge on any atom is -0.473 e. The van der Waals surface area contributed by atoms with Crippen LogP contribution >= 0.6 is 11.8 Å². The molecule has 4 nitrogen and oxygen atoms in total. The van der Waals surface area contributed by atoms with Crippen molar-refractivity contribution in [1.82, 2.24) is 4.98 Å². The predicted octanol–water partition coefficient (Wildman–Crippen LogP) is 4.81. The van der Waals surface area contributed by atoms with Crippen molar-refractivity contribution in [3.63, 3.8) is 0 Å². The van der Waals surface area contributed by atoms with Gasteiger partial charge in [0.2, 0.25) is 5.88 Å². The molecule has 1 fully saturated rings. The van der Waals surface area contributed by atoms with Crippen molar-refractivity contribution in [3.05, 3.63) is 90.1 Å². The molecule has 1 aliphatic rings. The second kappa shape index (κ2) is 8.93. The highest BCUT2D eigenvalue weighted by molar-refractivity contribution is 7.99. The van der Waals surface area contributed by atoms with Crippen LogP contribution in [0.3, 0.4) is 0 Å². The normalized spacial score (nSPS) is 15.9. The van der Waals surface area contributed by atoms with Crippen LogP contribution in [0.25, 0.3) is 0 Å². The molecule has 1 amide bonds. The maximum absolute atomic E-state index is 13.5. The largest absolute Gasteiger partial charge is 0.473 e. The van der Waals surface area contributed by atoms with E-state index in [9.17, 15) is 4.79 Å². The molecule has 4 rings (SSSR count). The molecule has 1 aliphatic heterocycles. The van der Waals surface area contributed by atoms with Crippen LogP contribution < -0.4 is 9.64 Å². The Morgan fingerprint density at radius 3 is 2.50 bits per heavy atom. The molecule has 1 unspecified atom stereocenters. The second-order valence-electron chi connectivity index (χ2n) is 6.67. The summed E-state index contributed by atoms with van der Waals surface area (Å²) in [7, 11) is 0. The third kappa shape index (κ3) is 4.37. The minimum atomic E-state index is -0.108. The lowest BCUT2D eigenvalue weighted by atomic mass is 10.1. The summed E-state index contributed by atoms with van der Waals surface area (Å²) in [5.41, 5.74) is 2.42. The third-order valence-electron chi connectivity index (χ3n) is 4.66. The van der Waals surface area contributed by atoms with Gasteiger partial charge < -0.3 is 9.64 Å². The van der Waals surface area contributed by atoms with Gasteiger partial charge in [-0.25, -0.2) is 4.98 Å². The van der Waals surface area contributed by atoms with E-state index in [-0.39, 0.29) is 12.0 Å². The summed E-state index contributed by atoms with van der Waals surface area (Å²) in [5, 5.41) is 0. The van der Waals surface area contributed by atoms with Crippen molar-refractivity contribution >= 4 is 23.4 Å². The summed E-state index contributed by atoms with van der Waals surface area (Å²) < 4.78 is 6.08. The smallest absolute Gasteiger partial charge is 0.264 e. The number of ether oxygens (including phenoxy) is 1. The third-order valence-corrected chi connectivity index (χ3v) is 5.80. The van der Waals surface area contributed by atoms with Crippen LogP contribution in [-0.4, -0.2) is 28.5 Å². The van der Waals surface area contributed by atoms with Gasteiger partial charge in [-0.2, -0.15) is 11.8 Å². The van der Waals surface area contributed by atoms with Gasteiger partial charge >= 0.3 is 0 Å². The van der Waals surface area contributed by atoms with E-state index in [1.165, 1.54) is 0 Å². The number of anilines is 1. The summed E-state index contributed by atoms with van der Waals surface area (Å²) >= 11 is 1.87. The van der Waals surface area contributed by atoms with Gasteiger partial charge in [-0.1, -0.05) is 48.5 Å². The van der Waals surface area contributed by atoms with Gasteiger partial charge in [0.05, 0.1) is 6.54 Å². The predicted molar refractivity (Wildman–Crippen MR) is 114 cm³/mol. The lowest BCUT2D eigenvalue weighted by Gasteiger charge is -2.24. The Labute approximate surface area is 169 Å². The molecule has 1 aromatic heterocycles. The Kier molecular flexibility index (Phi) is 5.92. The van der Waals surface area contributed by atoms with Gasteiger partial charge in [-0.3, -0.25) is 4.79 Å². The molecule has 0 N–H and O–H groups in total. The Morgan fingerprint density at radius 1 is 1.04 bits per heavy atom. The van der Waals surface area contributed by atoms with Crippen LogP contribution in [0.1, 0.15) is 22.3 Å². The number of pyridine rings is 1. The summed E-state index contributed by atoms with van der Waals surface area (Å²) in [6.45, 7) is 0.483. The van der Waals surface area contributed by atoms with E-state index < -0.39 is 0 Å². The maximum Gasteiger partial charge on any atom is 0.264 e. The first-order valence-corrected chi connectivity index (χ1v) is 10.6. The first-order valence-electron chi connectivity index (χ1n) is 9.41. The highest BCUT2D eigenvalue weighted by Gasteiger charge is 2.25. The second-order valence-corrected chi connectivity index (χ2v) is 7.82. The number of rotatable bonds is 6. The van der Waals surface area contributed by atoms with Gasteiger partial charge in [-0.15, -0.1) is 0 Å². The van der Waals surface area contributed by atoms with Crippen molar-refractivity contribution in [2.45, 2.75) is 19.1 Å². The number of carbonyl (C=O) groups is 1. The zero-order valence-corrected chi connectivity index (χ0v) is 16.3. The van der Waals surface area contributed by atoms with Crippen molar-refractivity contribution in [2.24, 2.45) is 0 Å². The van der Waals surface area contributed by atoms with Gasteiger partial charge in [0, 0.05) is 17.6 Å². The Hall–Kier alpha value is -2.79. The van der Waals surface area contributed by atoms with Gasteiger partial charge in [0.25, 0.3) is 5.91 Å². The molecule has 0 radical (unpaired) electrons. The number of para-hydroxylation sites is 1. The van der Waals surface area contributed by atoms with Gasteiger partial charge in [-0.05, 0) is 42.0 Å². The zero-order chi connectivity index (χ0) is 19.2. The van der Waals surface area contributed by atoms with E-state index in [0.29, 0.717) is 18.0 Å². The lowest BCUT2D eigenvalue weighted by Crippen LogP contribution is -2.31. The molecule has 142 valence electrons. The molecular formula is C23H22N2O2S. The van der Waals surface area contributed by atoms with E-state index >= 15 is 0 Å². The van der Waals surface area contributed by atoms with Crippen LogP contribution in [0.5, 0.6) is 5.88 Å². The molecule has 2 heterocycles. The topological polar surface area (TPSA) is 42.4 Å². The molecular weight excluding hydrogens is 368 g/mol. The van der Waals surface area contributed by atoms with E-state index in [2.05, 4.69) is 4.98 Å². The number of carbonyl (C=O) groups excluding carboxylic acids is 1. The number of hydrogen-bond acceptors (Lipinski definition) is 4. The van der Waals surface area contributed by atoms with E-state index in [1.54, 1.807) is 23.2 Å². The van der Waals surface area contributed by atoms with Crippen molar-refractivity contribution < 1.29 is 9.53 Å². The first kappa shape index (κ1) is 18.6. The standard InChI is InChI=1S/C23H22N2O2S/c26-23(21-12-7-14-24-22(21)27-20-13-15-28-17-20)25(19-10-5-2-6-11-19)16-18-8-3-1-4-9-18/h1-12,14,20H,13,15-17H2. The van der Waals surface area contributed by atoms with E-state index in [0.717, 1.165) is 29.2 Å². The number of benzene rings is 2. The number of hydrogen-bond donors (Lipinski definition) is 0. The van der Waals surface area contributed by atoms with Crippen LogP contribution in [0.2, 0.25) is 0 Å². The molecule has 2 aromatic carbocycles. The van der Waals surface area contributed by atoms with Crippen LogP contribution in [-0.2, 0) is 6.54 Å². The molecule has 1 atom stereocenters. The van der Waals surface area contributed by atoms with Gasteiger partial charge in [0.1, 0.15) is 11.7 Å². The molecule has 0 spiro atoms. The summed E-state index contributed by atoms with van der Waals surface area (Å²) in [6.07, 6.45) is 2.78. The van der Waals surface area contributed by atoms with E-state index in [1.807, 2.05) is 72.4 Å². The molecule has 1 saturated heterocycles. The average molecular weight is 391 g/mol. The fourth-order valence-electron chi connectivity index (χ4n) is 3.21. The molecule has 3 aromatic rings. The van der Waals surface area contributed by atoms with E-state index in [4.69, 9.17) is 4.74 Å². The molecule has 0 saturated carbocycles. The molecule has 0 bridgehead atoms. The SMILES string of the molecule is O=C(c1cccnc1OC1CCSC1)N(Cc1ccccc1)c1ccccc1. The minimum absolute atomic E-state index is 0.108. The highest BCUT2D eigenvalue weighted by Crippen LogP contribution is 2.27. The van der Waals surface area contributed by atoms with Crippen LogP contribution in [0.15, 0.2) is 79.0 Å². The van der Waals surface area contributed by atoms with Crippen LogP contribution in [0.4, 0.5) is 5.69 Å². The molecule has 28 heavy (non-hydrogen) atoms. The first-order chi connectivity index (χ1) is 13.8. The fraction of sp³-hybridized carbons (Fsp3) is 0.217. The monoisotopic (exact) mass is 390 g/mol. The Balaban J connectivity index is 1.65. The van der Waals surface area contributed by atoms with Gasteiger partial charge in [0.15, 0.2) is 0 Å². The number of thioether (sulfide) groups is 1. The quantitative estimate of drug-likeness (QED) is 0.606. The summed E-state index contributed by atoms with van der Waals surface area (Å²) in [5.74, 6) is 2.35. The fourth-order valence-corrected chi connectivity index (χ4v) is 4.30. The van der Waals surface area contributed by atoms with Crippen molar-refractivity contribution in [2.75, 3.05) is 16.4 Å². The molecule has 5 heteroatoms. The summed E-state index contributed by atoms with van der Waals surface area (Å²) in [4.78, 5) is 19.7. The Bertz CT molecular complexity index is 912. The summed E-state index contributed by atoms with van der Waals surface area (Å²) in [6, 6.07) is 23.3. The average Bonchev–Trinajstić information content (AvgIpc) is 3.26. The number of amides is 1. The zero-order valence-electron chi connectivity index (χ0n) is 15.5. The van der Waals surface area contributed by atoms with Crippen LogP contribution in [0, 0.1) is 0 Å². The number of nitrogens with zero attached hydrogens (tertiary/aromatic N) is 2. The Morgan fingerprint density at radius 2 is 1.79 bits per heavy atom. The van der Waals surface area contributed by atoms with Crippen molar-refractivity contribution in [3.8, 4) is 5.88 Å². The number of aromatic nitrogens is 1.